The summed E-state index contributed by atoms with van der Waals surface area (Å²) in [5.41, 5.74) is 0. The van der Waals surface area contributed by atoms with Gasteiger partial charge in [-0.25, -0.2) is 4.39 Å². The van der Waals surface area contributed by atoms with Gasteiger partial charge in [0.25, 0.3) is 0 Å². The van der Waals surface area contributed by atoms with Crippen LogP contribution in [0.4, 0.5) is 4.39 Å². The van der Waals surface area contributed by atoms with Crippen LogP contribution in [0.3, 0.4) is 0 Å². The third-order valence-corrected chi connectivity index (χ3v) is 4.71. The van der Waals surface area contributed by atoms with E-state index in [9.17, 15) is 4.39 Å². The Morgan fingerprint density at radius 3 is 2.30 bits per heavy atom. The van der Waals surface area contributed by atoms with Gasteiger partial charge in [0.15, 0.2) is 12.6 Å². The van der Waals surface area contributed by atoms with Crippen molar-refractivity contribution < 1.29 is 23.3 Å². The molecule has 5 heteroatoms. The first-order valence-electron chi connectivity index (χ1n) is 8.74. The minimum Gasteiger partial charge on any atom is -0.352 e. The van der Waals surface area contributed by atoms with Gasteiger partial charge in [0, 0.05) is 11.8 Å². The first-order chi connectivity index (χ1) is 11.3. The predicted octanol–water partition coefficient (Wildman–Crippen LogP) is 3.58. The zero-order chi connectivity index (χ0) is 16.1. The van der Waals surface area contributed by atoms with Gasteiger partial charge in [-0.15, -0.1) is 0 Å². The maximum Gasteiger partial charge on any atom is 0.164 e. The van der Waals surface area contributed by atoms with E-state index in [1.54, 1.807) is 6.08 Å². The average Bonchev–Trinajstić information content (AvgIpc) is 2.61. The van der Waals surface area contributed by atoms with Gasteiger partial charge in [0.05, 0.1) is 38.2 Å². The molecule has 0 amide bonds. The highest BCUT2D eigenvalue weighted by Gasteiger charge is 2.36. The lowest BCUT2D eigenvalue weighted by Gasteiger charge is -2.39. The average molecular weight is 326 g/mol. The van der Waals surface area contributed by atoms with E-state index in [1.165, 1.54) is 0 Å². The second kappa shape index (κ2) is 8.38. The van der Waals surface area contributed by atoms with Gasteiger partial charge in [-0.3, -0.25) is 0 Å². The molecule has 3 rings (SSSR count). The van der Waals surface area contributed by atoms with Crippen molar-refractivity contribution in [3.05, 3.63) is 24.1 Å². The van der Waals surface area contributed by atoms with Gasteiger partial charge < -0.3 is 18.9 Å². The molecule has 4 nitrogen and oxygen atoms in total. The maximum absolute atomic E-state index is 13.1. The minimum absolute atomic E-state index is 0.00869. The third kappa shape index (κ3) is 4.63. The summed E-state index contributed by atoms with van der Waals surface area (Å²) < 4.78 is 36.5. The van der Waals surface area contributed by atoms with E-state index in [-0.39, 0.29) is 30.2 Å². The summed E-state index contributed by atoms with van der Waals surface area (Å²) in [4.78, 5) is 0. The van der Waals surface area contributed by atoms with Crippen LogP contribution in [0.5, 0.6) is 0 Å². The van der Waals surface area contributed by atoms with Crippen LogP contribution in [-0.2, 0) is 18.9 Å². The Balaban J connectivity index is 1.40. The zero-order valence-electron chi connectivity index (χ0n) is 13.8. The highest BCUT2D eigenvalue weighted by atomic mass is 19.1. The van der Waals surface area contributed by atoms with Crippen molar-refractivity contribution in [1.29, 1.82) is 0 Å². The normalized spacial score (nSPS) is 39.4. The second-order valence-electron chi connectivity index (χ2n) is 6.61. The van der Waals surface area contributed by atoms with Crippen LogP contribution in [0.2, 0.25) is 0 Å². The number of rotatable bonds is 4. The van der Waals surface area contributed by atoms with Crippen LogP contribution in [0, 0.1) is 17.8 Å². The molecule has 0 radical (unpaired) electrons. The number of allylic oxidation sites excluding steroid dienone is 3. The molecule has 0 bridgehead atoms. The van der Waals surface area contributed by atoms with Crippen LogP contribution in [0.25, 0.3) is 0 Å². The van der Waals surface area contributed by atoms with E-state index in [0.717, 1.165) is 12.8 Å². The number of halogens is 1. The standard InChI is InChI=1S/C18H27FO4/c1-2-3-4-13-9-20-18(21-10-13)15-11-22-17(23-12-15)14-5-7-16(19)8-6-14/h3-4,7,13-15,17-18H,2,5-6,8-12H2,1H3/b4-3+/t13-,14?,15-,17-,18-. The topological polar surface area (TPSA) is 36.9 Å². The van der Waals surface area contributed by atoms with Crippen molar-refractivity contribution in [3.63, 3.8) is 0 Å². The van der Waals surface area contributed by atoms with E-state index in [2.05, 4.69) is 19.1 Å². The molecule has 0 spiro atoms. The number of ether oxygens (including phenoxy) is 4. The quantitative estimate of drug-likeness (QED) is 0.740. The molecule has 1 aliphatic carbocycles. The largest absolute Gasteiger partial charge is 0.352 e. The van der Waals surface area contributed by atoms with Crippen molar-refractivity contribution in [2.75, 3.05) is 26.4 Å². The maximum atomic E-state index is 13.1. The van der Waals surface area contributed by atoms with Gasteiger partial charge in [-0.1, -0.05) is 25.2 Å². The Morgan fingerprint density at radius 1 is 1.04 bits per heavy atom. The van der Waals surface area contributed by atoms with Gasteiger partial charge in [0.1, 0.15) is 0 Å². The van der Waals surface area contributed by atoms with E-state index in [4.69, 9.17) is 18.9 Å². The lowest BCUT2D eigenvalue weighted by Crippen LogP contribution is -2.46. The molecule has 1 unspecified atom stereocenters. The third-order valence-electron chi connectivity index (χ3n) is 4.71. The predicted molar refractivity (Wildman–Crippen MR) is 84.3 cm³/mol. The molecule has 2 aliphatic heterocycles. The summed E-state index contributed by atoms with van der Waals surface area (Å²) in [5.74, 6) is 0.698. The molecule has 130 valence electrons. The summed E-state index contributed by atoms with van der Waals surface area (Å²) in [7, 11) is 0. The minimum atomic E-state index is -0.245. The molecule has 2 saturated heterocycles. The highest BCUT2D eigenvalue weighted by molar-refractivity contribution is 4.98. The molecule has 1 atom stereocenters. The van der Waals surface area contributed by atoms with Crippen LogP contribution in [0.1, 0.15) is 32.6 Å². The lowest BCUT2D eigenvalue weighted by molar-refractivity contribution is -0.287. The summed E-state index contributed by atoms with van der Waals surface area (Å²) in [6.45, 7) is 4.65. The summed E-state index contributed by atoms with van der Waals surface area (Å²) in [6, 6.07) is 0. The van der Waals surface area contributed by atoms with Crippen LogP contribution in [-0.4, -0.2) is 39.0 Å². The van der Waals surface area contributed by atoms with Gasteiger partial charge in [0.2, 0.25) is 0 Å². The van der Waals surface area contributed by atoms with Crippen molar-refractivity contribution in [2.45, 2.75) is 45.2 Å². The first-order valence-corrected chi connectivity index (χ1v) is 8.74. The molecule has 2 heterocycles. The van der Waals surface area contributed by atoms with Crippen LogP contribution in [0.15, 0.2) is 24.1 Å². The van der Waals surface area contributed by atoms with Crippen molar-refractivity contribution in [2.24, 2.45) is 17.8 Å². The molecule has 0 aromatic rings. The van der Waals surface area contributed by atoms with Crippen molar-refractivity contribution in [1.82, 2.24) is 0 Å². The molecule has 0 saturated carbocycles. The molecular formula is C18H27FO4. The highest BCUT2D eigenvalue weighted by Crippen LogP contribution is 2.32. The lowest BCUT2D eigenvalue weighted by atomic mass is 9.92. The van der Waals surface area contributed by atoms with E-state index in [1.807, 2.05) is 0 Å². The molecule has 0 aromatic carbocycles. The smallest absolute Gasteiger partial charge is 0.164 e. The Morgan fingerprint density at radius 2 is 1.70 bits per heavy atom. The monoisotopic (exact) mass is 326 g/mol. The van der Waals surface area contributed by atoms with E-state index >= 15 is 0 Å². The molecule has 23 heavy (non-hydrogen) atoms. The molecular weight excluding hydrogens is 299 g/mol. The van der Waals surface area contributed by atoms with Gasteiger partial charge >= 0.3 is 0 Å². The van der Waals surface area contributed by atoms with Gasteiger partial charge in [-0.05, 0) is 25.7 Å². The summed E-state index contributed by atoms with van der Waals surface area (Å²) in [5, 5.41) is 0. The van der Waals surface area contributed by atoms with E-state index in [0.29, 0.717) is 45.2 Å². The van der Waals surface area contributed by atoms with E-state index < -0.39 is 0 Å². The Kier molecular flexibility index (Phi) is 6.22. The fourth-order valence-electron chi connectivity index (χ4n) is 3.28. The fourth-order valence-corrected chi connectivity index (χ4v) is 3.28. The van der Waals surface area contributed by atoms with Crippen LogP contribution < -0.4 is 0 Å². The van der Waals surface area contributed by atoms with Crippen molar-refractivity contribution >= 4 is 0 Å². The first kappa shape index (κ1) is 17.1. The van der Waals surface area contributed by atoms with Crippen LogP contribution >= 0.6 is 0 Å². The zero-order valence-corrected chi connectivity index (χ0v) is 13.8. The Hall–Kier alpha value is -0.750. The molecule has 2 fully saturated rings. The summed E-state index contributed by atoms with van der Waals surface area (Å²) >= 11 is 0. The summed E-state index contributed by atoms with van der Waals surface area (Å²) in [6.07, 6.45) is 8.52. The Labute approximate surface area is 137 Å². The fraction of sp³-hybridized carbons (Fsp3) is 0.778. The van der Waals surface area contributed by atoms with Crippen molar-refractivity contribution in [3.8, 4) is 0 Å². The van der Waals surface area contributed by atoms with Gasteiger partial charge in [-0.2, -0.15) is 0 Å². The number of hydrogen-bond acceptors (Lipinski definition) is 4. The second-order valence-corrected chi connectivity index (χ2v) is 6.61. The molecule has 0 aromatic heterocycles. The Bertz CT molecular complexity index is 421. The molecule has 3 aliphatic rings. The molecule has 0 N–H and O–H groups in total. The SMILES string of the molecule is CC/C=C/[C@H]1CO[C@H]([C@H]2CO[C@H](C3CC=C(F)CC3)OC2)OC1. The number of hydrogen-bond donors (Lipinski definition) is 0.